The van der Waals surface area contributed by atoms with Gasteiger partial charge in [-0.25, -0.2) is 4.79 Å². The summed E-state index contributed by atoms with van der Waals surface area (Å²) in [5.41, 5.74) is -0.312. The number of carbonyl (C=O) groups excluding carboxylic acids is 1. The van der Waals surface area contributed by atoms with Crippen LogP contribution < -0.4 is 10.6 Å². The Morgan fingerprint density at radius 2 is 2.04 bits per heavy atom. The van der Waals surface area contributed by atoms with Gasteiger partial charge in [-0.05, 0) is 31.1 Å². The molecule has 0 bridgehead atoms. The lowest BCUT2D eigenvalue weighted by Crippen LogP contribution is -2.57. The standard InChI is InChI=1S/C15H24N4O3S/c1-5-11-18-19-12(23-11)7-16-14(22)17-8(2)9-6-10(13(20)21)15(9,3)4/h8-10H,5-7H2,1-4H3,(H,20,21)(H2,16,17,22)/t8?,9-,10+/m0/s1. The molecule has 7 nitrogen and oxygen atoms in total. The summed E-state index contributed by atoms with van der Waals surface area (Å²) in [5, 5.41) is 24.6. The molecule has 23 heavy (non-hydrogen) atoms. The minimum Gasteiger partial charge on any atom is -0.481 e. The molecule has 0 radical (unpaired) electrons. The van der Waals surface area contributed by atoms with E-state index in [0.29, 0.717) is 13.0 Å². The normalized spacial score (nSPS) is 23.7. The number of hydrogen-bond donors (Lipinski definition) is 3. The lowest BCUT2D eigenvalue weighted by Gasteiger charge is -2.52. The number of aliphatic carboxylic acids is 1. The van der Waals surface area contributed by atoms with Crippen molar-refractivity contribution in [2.45, 2.75) is 53.1 Å². The summed E-state index contributed by atoms with van der Waals surface area (Å²) in [5.74, 6) is -0.942. The summed E-state index contributed by atoms with van der Waals surface area (Å²) < 4.78 is 0. The molecule has 0 aliphatic heterocycles. The number of hydrogen-bond acceptors (Lipinski definition) is 5. The first-order chi connectivity index (χ1) is 10.8. The number of carboxylic acid groups (broad SMARTS) is 1. The predicted octanol–water partition coefficient (Wildman–Crippen LogP) is 2.04. The number of rotatable bonds is 6. The zero-order chi connectivity index (χ0) is 17.2. The van der Waals surface area contributed by atoms with Gasteiger partial charge in [0.05, 0.1) is 12.5 Å². The average molecular weight is 340 g/mol. The van der Waals surface area contributed by atoms with Crippen LogP contribution in [0.25, 0.3) is 0 Å². The molecule has 2 rings (SSSR count). The van der Waals surface area contributed by atoms with Gasteiger partial charge in [0.15, 0.2) is 0 Å². The fraction of sp³-hybridized carbons (Fsp3) is 0.733. The molecular formula is C15H24N4O3S. The molecule has 3 atom stereocenters. The fourth-order valence-corrected chi connectivity index (χ4v) is 3.97. The first kappa shape index (κ1) is 17.7. The topological polar surface area (TPSA) is 104 Å². The number of carbonyl (C=O) groups is 2. The molecule has 8 heteroatoms. The first-order valence-electron chi connectivity index (χ1n) is 7.84. The third-order valence-corrected chi connectivity index (χ3v) is 5.88. The lowest BCUT2D eigenvalue weighted by atomic mass is 9.53. The zero-order valence-corrected chi connectivity index (χ0v) is 14.7. The van der Waals surface area contributed by atoms with Crippen LogP contribution in [0.1, 0.15) is 44.1 Å². The number of carboxylic acids is 1. The number of nitrogens with zero attached hydrogens (tertiary/aromatic N) is 2. The number of aromatic nitrogens is 2. The van der Waals surface area contributed by atoms with E-state index in [2.05, 4.69) is 20.8 Å². The van der Waals surface area contributed by atoms with Crippen molar-refractivity contribution in [3.63, 3.8) is 0 Å². The van der Waals surface area contributed by atoms with Crippen molar-refractivity contribution in [1.82, 2.24) is 20.8 Å². The van der Waals surface area contributed by atoms with E-state index in [1.807, 2.05) is 27.7 Å². The minimum atomic E-state index is -0.758. The Bertz CT molecular complexity index is 587. The number of urea groups is 1. The summed E-state index contributed by atoms with van der Waals surface area (Å²) in [6, 6.07) is -0.346. The van der Waals surface area contributed by atoms with Crippen molar-refractivity contribution < 1.29 is 14.7 Å². The van der Waals surface area contributed by atoms with Gasteiger partial charge in [0.2, 0.25) is 0 Å². The van der Waals surface area contributed by atoms with Crippen LogP contribution in [0.15, 0.2) is 0 Å². The van der Waals surface area contributed by atoms with Gasteiger partial charge in [-0.15, -0.1) is 10.2 Å². The Labute approximate surface area is 139 Å². The Morgan fingerprint density at radius 3 is 2.57 bits per heavy atom. The van der Waals surface area contributed by atoms with Gasteiger partial charge in [0.1, 0.15) is 10.0 Å². The number of nitrogens with one attached hydrogen (secondary N) is 2. The van der Waals surface area contributed by atoms with Crippen LogP contribution in [0, 0.1) is 17.3 Å². The van der Waals surface area contributed by atoms with Gasteiger partial charge < -0.3 is 15.7 Å². The highest BCUT2D eigenvalue weighted by Crippen LogP contribution is 2.52. The van der Waals surface area contributed by atoms with Crippen LogP contribution in [0.4, 0.5) is 4.79 Å². The van der Waals surface area contributed by atoms with Crippen molar-refractivity contribution in [3.8, 4) is 0 Å². The maximum Gasteiger partial charge on any atom is 0.315 e. The van der Waals surface area contributed by atoms with Crippen molar-refractivity contribution in [2.75, 3.05) is 0 Å². The molecule has 1 heterocycles. The minimum absolute atomic E-state index is 0.0822. The molecule has 1 aliphatic rings. The summed E-state index contributed by atoms with van der Waals surface area (Å²) >= 11 is 1.49. The number of amides is 2. The Hall–Kier alpha value is -1.70. The van der Waals surface area contributed by atoms with Gasteiger partial charge in [-0.3, -0.25) is 4.79 Å². The van der Waals surface area contributed by atoms with Crippen LogP contribution in [-0.4, -0.2) is 33.3 Å². The van der Waals surface area contributed by atoms with E-state index in [0.717, 1.165) is 16.4 Å². The van der Waals surface area contributed by atoms with E-state index < -0.39 is 5.97 Å². The summed E-state index contributed by atoms with van der Waals surface area (Å²) in [7, 11) is 0. The molecule has 1 aromatic heterocycles. The van der Waals surface area contributed by atoms with E-state index in [9.17, 15) is 14.7 Å². The highest BCUT2D eigenvalue weighted by Gasteiger charge is 2.53. The third kappa shape index (κ3) is 3.80. The Morgan fingerprint density at radius 1 is 1.39 bits per heavy atom. The molecule has 0 aromatic carbocycles. The van der Waals surface area contributed by atoms with Gasteiger partial charge in [-0.2, -0.15) is 0 Å². The van der Waals surface area contributed by atoms with E-state index in [4.69, 9.17) is 0 Å². The molecule has 3 N–H and O–H groups in total. The first-order valence-corrected chi connectivity index (χ1v) is 8.65. The second-order valence-electron chi connectivity index (χ2n) is 6.61. The monoisotopic (exact) mass is 340 g/mol. The van der Waals surface area contributed by atoms with E-state index >= 15 is 0 Å². The van der Waals surface area contributed by atoms with Gasteiger partial charge in [0, 0.05) is 6.04 Å². The smallest absolute Gasteiger partial charge is 0.315 e. The maximum atomic E-state index is 12.0. The van der Waals surface area contributed by atoms with Crippen molar-refractivity contribution in [2.24, 2.45) is 17.3 Å². The average Bonchev–Trinajstić information content (AvgIpc) is 2.91. The molecule has 0 spiro atoms. The van der Waals surface area contributed by atoms with Crippen LogP contribution >= 0.6 is 11.3 Å². The van der Waals surface area contributed by atoms with E-state index in [-0.39, 0.29) is 29.3 Å². The second kappa shape index (κ2) is 6.82. The molecule has 2 amide bonds. The van der Waals surface area contributed by atoms with Crippen LogP contribution in [0.5, 0.6) is 0 Å². The number of aryl methyl sites for hydroxylation is 1. The van der Waals surface area contributed by atoms with Crippen molar-refractivity contribution >= 4 is 23.3 Å². The van der Waals surface area contributed by atoms with Crippen molar-refractivity contribution in [1.29, 1.82) is 0 Å². The largest absolute Gasteiger partial charge is 0.481 e. The molecule has 1 aliphatic carbocycles. The van der Waals surface area contributed by atoms with E-state index in [1.54, 1.807) is 0 Å². The molecule has 1 unspecified atom stereocenters. The molecule has 128 valence electrons. The summed E-state index contributed by atoms with van der Waals surface area (Å²) in [6.07, 6.45) is 1.43. The van der Waals surface area contributed by atoms with Gasteiger partial charge >= 0.3 is 12.0 Å². The van der Waals surface area contributed by atoms with Crippen LogP contribution in [-0.2, 0) is 17.8 Å². The van der Waals surface area contributed by atoms with Crippen LogP contribution in [0.2, 0.25) is 0 Å². The van der Waals surface area contributed by atoms with Gasteiger partial charge in [0.25, 0.3) is 0 Å². The summed E-state index contributed by atoms with van der Waals surface area (Å²) in [6.45, 7) is 8.18. The summed E-state index contributed by atoms with van der Waals surface area (Å²) in [4.78, 5) is 23.2. The highest BCUT2D eigenvalue weighted by atomic mass is 32.1. The van der Waals surface area contributed by atoms with Crippen molar-refractivity contribution in [3.05, 3.63) is 10.0 Å². The van der Waals surface area contributed by atoms with Crippen LogP contribution in [0.3, 0.4) is 0 Å². The molecule has 1 fully saturated rings. The third-order valence-electron chi connectivity index (χ3n) is 4.82. The molecule has 1 saturated carbocycles. The maximum absolute atomic E-state index is 12.0. The lowest BCUT2D eigenvalue weighted by molar-refractivity contribution is -0.160. The second-order valence-corrected chi connectivity index (χ2v) is 7.76. The highest BCUT2D eigenvalue weighted by molar-refractivity contribution is 7.11. The molecular weight excluding hydrogens is 316 g/mol. The SMILES string of the molecule is CCc1nnc(CNC(=O)NC(C)[C@@H]2C[C@H](C(=O)O)C2(C)C)s1. The molecule has 0 saturated heterocycles. The molecule has 1 aromatic rings. The quantitative estimate of drug-likeness (QED) is 0.735. The van der Waals surface area contributed by atoms with E-state index in [1.165, 1.54) is 11.3 Å². The van der Waals surface area contributed by atoms with Gasteiger partial charge in [-0.1, -0.05) is 32.1 Å². The zero-order valence-electron chi connectivity index (χ0n) is 13.9. The predicted molar refractivity (Wildman–Crippen MR) is 87.1 cm³/mol. The Kier molecular flexibility index (Phi) is 5.23. The Balaban J connectivity index is 1.80. The fourth-order valence-electron chi connectivity index (χ4n) is 3.24.